The Morgan fingerprint density at radius 1 is 1.03 bits per heavy atom. The van der Waals surface area contributed by atoms with Crippen LogP contribution in [-0.2, 0) is 16.1 Å². The average molecular weight is 394 g/mol. The average Bonchev–Trinajstić information content (AvgIpc) is 3.53. The number of nitrogens with zero attached hydrogens (tertiary/aromatic N) is 2. The number of hydrogen-bond donors (Lipinski definition) is 1. The fourth-order valence-electron chi connectivity index (χ4n) is 3.77. The predicted molar refractivity (Wildman–Crippen MR) is 118 cm³/mol. The van der Waals surface area contributed by atoms with Gasteiger partial charge in [0.15, 0.2) is 0 Å². The van der Waals surface area contributed by atoms with E-state index in [1.54, 1.807) is 11.9 Å². The molecular formula is C24H31N3O2. The molecule has 1 aliphatic carbocycles. The first kappa shape index (κ1) is 20.9. The monoisotopic (exact) mass is 393 g/mol. The fourth-order valence-corrected chi connectivity index (χ4v) is 3.77. The van der Waals surface area contributed by atoms with E-state index in [-0.39, 0.29) is 11.8 Å². The van der Waals surface area contributed by atoms with Gasteiger partial charge in [0.2, 0.25) is 11.8 Å². The molecule has 0 heterocycles. The molecule has 0 saturated heterocycles. The molecule has 5 nitrogen and oxygen atoms in total. The van der Waals surface area contributed by atoms with E-state index in [1.807, 2.05) is 49.4 Å². The topological polar surface area (TPSA) is 52.7 Å². The summed E-state index contributed by atoms with van der Waals surface area (Å²) in [5.74, 6) is -0.294. The van der Waals surface area contributed by atoms with Crippen molar-refractivity contribution in [2.45, 2.75) is 40.2 Å². The van der Waals surface area contributed by atoms with E-state index < -0.39 is 5.41 Å². The summed E-state index contributed by atoms with van der Waals surface area (Å²) in [6, 6.07) is 15.9. The van der Waals surface area contributed by atoms with Gasteiger partial charge in [0, 0.05) is 38.1 Å². The van der Waals surface area contributed by atoms with Gasteiger partial charge in [-0.25, -0.2) is 0 Å². The Hall–Kier alpha value is -2.82. The zero-order chi connectivity index (χ0) is 21.0. The van der Waals surface area contributed by atoms with Crippen LogP contribution in [0.4, 0.5) is 11.4 Å². The van der Waals surface area contributed by atoms with E-state index in [1.165, 1.54) is 0 Å². The standard InChI is InChI=1S/C24H31N3O2/c1-5-27(6-2)20-12-13-21(18(3)16-20)25-22(28)24(14-15-24)23(29)26(4)17-19-10-8-7-9-11-19/h7-13,16H,5-6,14-15,17H2,1-4H3,(H,25,28). The lowest BCUT2D eigenvalue weighted by molar-refractivity contribution is -0.141. The van der Waals surface area contributed by atoms with Crippen LogP contribution in [-0.4, -0.2) is 36.9 Å². The Kier molecular flexibility index (Phi) is 6.26. The highest BCUT2D eigenvalue weighted by atomic mass is 16.2. The Morgan fingerprint density at radius 2 is 1.69 bits per heavy atom. The van der Waals surface area contributed by atoms with E-state index in [0.717, 1.165) is 35.6 Å². The molecule has 1 saturated carbocycles. The molecule has 0 radical (unpaired) electrons. The zero-order valence-electron chi connectivity index (χ0n) is 17.9. The molecule has 0 bridgehead atoms. The Balaban J connectivity index is 1.69. The molecule has 0 unspecified atom stereocenters. The number of anilines is 2. The van der Waals surface area contributed by atoms with Crippen LogP contribution in [0.1, 0.15) is 37.8 Å². The molecule has 0 aromatic heterocycles. The van der Waals surface area contributed by atoms with E-state index in [0.29, 0.717) is 19.4 Å². The Labute approximate surface area is 173 Å². The number of amides is 2. The third-order valence-electron chi connectivity index (χ3n) is 5.79. The molecule has 1 aliphatic rings. The number of carbonyl (C=O) groups excluding carboxylic acids is 2. The lowest BCUT2D eigenvalue weighted by Crippen LogP contribution is -2.40. The summed E-state index contributed by atoms with van der Waals surface area (Å²) in [6.07, 6.45) is 1.21. The molecule has 29 heavy (non-hydrogen) atoms. The molecule has 2 aromatic rings. The summed E-state index contributed by atoms with van der Waals surface area (Å²) in [5.41, 5.74) is 3.06. The Bertz CT molecular complexity index is 871. The van der Waals surface area contributed by atoms with E-state index >= 15 is 0 Å². The first-order valence-corrected chi connectivity index (χ1v) is 10.4. The highest BCUT2D eigenvalue weighted by Crippen LogP contribution is 2.48. The second kappa shape index (κ2) is 8.68. The molecule has 154 valence electrons. The van der Waals surface area contributed by atoms with Crippen LogP contribution in [0, 0.1) is 12.3 Å². The first-order chi connectivity index (χ1) is 13.9. The van der Waals surface area contributed by atoms with Gasteiger partial charge in [-0.2, -0.15) is 0 Å². The van der Waals surface area contributed by atoms with Crippen LogP contribution < -0.4 is 10.2 Å². The first-order valence-electron chi connectivity index (χ1n) is 10.4. The highest BCUT2D eigenvalue weighted by molar-refractivity contribution is 6.13. The van der Waals surface area contributed by atoms with Crippen molar-refractivity contribution in [3.63, 3.8) is 0 Å². The third kappa shape index (κ3) is 4.44. The van der Waals surface area contributed by atoms with E-state index in [9.17, 15) is 9.59 Å². The Morgan fingerprint density at radius 3 is 2.24 bits per heavy atom. The minimum Gasteiger partial charge on any atom is -0.372 e. The largest absolute Gasteiger partial charge is 0.372 e. The minimum absolute atomic E-state index is 0.101. The number of aryl methyl sites for hydroxylation is 1. The molecule has 5 heteroatoms. The lowest BCUT2D eigenvalue weighted by Gasteiger charge is -2.24. The second-order valence-corrected chi connectivity index (χ2v) is 7.85. The van der Waals surface area contributed by atoms with E-state index in [4.69, 9.17) is 0 Å². The van der Waals surface area contributed by atoms with Gasteiger partial charge >= 0.3 is 0 Å². The molecular weight excluding hydrogens is 362 g/mol. The van der Waals surface area contributed by atoms with E-state index in [2.05, 4.69) is 30.1 Å². The maximum atomic E-state index is 13.0. The second-order valence-electron chi connectivity index (χ2n) is 7.85. The number of rotatable bonds is 8. The van der Waals surface area contributed by atoms with Crippen LogP contribution in [0.3, 0.4) is 0 Å². The van der Waals surface area contributed by atoms with Gasteiger partial charge in [-0.15, -0.1) is 0 Å². The molecule has 0 spiro atoms. The van der Waals surface area contributed by atoms with Crippen molar-refractivity contribution in [2.24, 2.45) is 5.41 Å². The number of nitrogens with one attached hydrogen (secondary N) is 1. The summed E-state index contributed by atoms with van der Waals surface area (Å²) in [7, 11) is 1.77. The van der Waals surface area contributed by atoms with Gasteiger partial charge in [0.1, 0.15) is 5.41 Å². The summed E-state index contributed by atoms with van der Waals surface area (Å²) in [5, 5.41) is 3.01. The van der Waals surface area contributed by atoms with Gasteiger partial charge in [0.25, 0.3) is 0 Å². The number of carbonyl (C=O) groups is 2. The van der Waals surface area contributed by atoms with Crippen molar-refractivity contribution in [1.29, 1.82) is 0 Å². The van der Waals surface area contributed by atoms with Crippen LogP contribution in [0.5, 0.6) is 0 Å². The van der Waals surface area contributed by atoms with Crippen molar-refractivity contribution in [3.8, 4) is 0 Å². The molecule has 0 atom stereocenters. The molecule has 1 N–H and O–H groups in total. The van der Waals surface area contributed by atoms with Crippen molar-refractivity contribution < 1.29 is 9.59 Å². The molecule has 3 rings (SSSR count). The molecule has 0 aliphatic heterocycles. The maximum Gasteiger partial charge on any atom is 0.240 e. The maximum absolute atomic E-state index is 13.0. The summed E-state index contributed by atoms with van der Waals surface area (Å²) in [4.78, 5) is 30.0. The summed E-state index contributed by atoms with van der Waals surface area (Å²) in [6.45, 7) is 8.63. The third-order valence-corrected chi connectivity index (χ3v) is 5.79. The van der Waals surface area contributed by atoms with Crippen LogP contribution in [0.2, 0.25) is 0 Å². The summed E-state index contributed by atoms with van der Waals surface area (Å²) >= 11 is 0. The molecule has 2 aromatic carbocycles. The van der Waals surface area contributed by atoms with Gasteiger partial charge in [-0.1, -0.05) is 30.3 Å². The smallest absolute Gasteiger partial charge is 0.240 e. The highest BCUT2D eigenvalue weighted by Gasteiger charge is 2.57. The quantitative estimate of drug-likeness (QED) is 0.683. The zero-order valence-corrected chi connectivity index (χ0v) is 17.9. The van der Waals surface area contributed by atoms with Gasteiger partial charge in [-0.05, 0) is 62.9 Å². The van der Waals surface area contributed by atoms with Crippen LogP contribution >= 0.6 is 0 Å². The van der Waals surface area contributed by atoms with Gasteiger partial charge in [-0.3, -0.25) is 9.59 Å². The van der Waals surface area contributed by atoms with Crippen molar-refractivity contribution in [1.82, 2.24) is 4.90 Å². The van der Waals surface area contributed by atoms with Crippen LogP contribution in [0.25, 0.3) is 0 Å². The van der Waals surface area contributed by atoms with Crippen LogP contribution in [0.15, 0.2) is 48.5 Å². The van der Waals surface area contributed by atoms with Gasteiger partial charge < -0.3 is 15.1 Å². The molecule has 2 amide bonds. The fraction of sp³-hybridized carbons (Fsp3) is 0.417. The SMILES string of the molecule is CCN(CC)c1ccc(NC(=O)C2(C(=O)N(C)Cc3ccccc3)CC2)c(C)c1. The number of benzene rings is 2. The summed E-state index contributed by atoms with van der Waals surface area (Å²) < 4.78 is 0. The lowest BCUT2D eigenvalue weighted by atomic mass is 10.0. The number of hydrogen-bond acceptors (Lipinski definition) is 3. The van der Waals surface area contributed by atoms with Crippen molar-refractivity contribution in [3.05, 3.63) is 59.7 Å². The predicted octanol–water partition coefficient (Wildman–Crippen LogP) is 4.22. The minimum atomic E-state index is -0.923. The van der Waals surface area contributed by atoms with Crippen molar-refractivity contribution in [2.75, 3.05) is 30.4 Å². The normalized spacial score (nSPS) is 14.2. The van der Waals surface area contributed by atoms with Crippen molar-refractivity contribution >= 4 is 23.2 Å². The van der Waals surface area contributed by atoms with Gasteiger partial charge in [0.05, 0.1) is 0 Å². The molecule has 1 fully saturated rings.